The monoisotopic (exact) mass is 316 g/mol. The topological polar surface area (TPSA) is 90.0 Å². The van der Waals surface area contributed by atoms with E-state index < -0.39 is 26.6 Å². The van der Waals surface area contributed by atoms with Crippen molar-refractivity contribution in [2.75, 3.05) is 12.3 Å². The minimum Gasteiger partial charge on any atom is -0.399 e. The molecule has 0 saturated carbocycles. The second-order valence-electron chi connectivity index (χ2n) is 4.48. The Morgan fingerprint density at radius 3 is 2.48 bits per heavy atom. The normalized spacial score (nSPS) is 11.8. The van der Waals surface area contributed by atoms with Crippen molar-refractivity contribution < 1.29 is 17.2 Å². The Kier molecular flexibility index (Phi) is 4.24. The maximum atomic E-state index is 13.6. The average Bonchev–Trinajstić information content (AvgIpc) is 2.72. The quantitative estimate of drug-likeness (QED) is 0.799. The lowest BCUT2D eigenvalue weighted by atomic mass is 10.3. The summed E-state index contributed by atoms with van der Waals surface area (Å²) in [6.07, 6.45) is 3.66. The van der Waals surface area contributed by atoms with Crippen LogP contribution in [0, 0.1) is 11.6 Å². The summed E-state index contributed by atoms with van der Waals surface area (Å²) in [7, 11) is -2.56. The van der Waals surface area contributed by atoms with Gasteiger partial charge in [0.15, 0.2) is 4.90 Å². The van der Waals surface area contributed by atoms with Gasteiger partial charge in [0.25, 0.3) is 0 Å². The molecule has 0 atom stereocenters. The van der Waals surface area contributed by atoms with Gasteiger partial charge in [-0.3, -0.25) is 4.68 Å². The molecule has 114 valence electrons. The van der Waals surface area contributed by atoms with Crippen molar-refractivity contribution in [1.82, 2.24) is 14.5 Å². The second-order valence-corrected chi connectivity index (χ2v) is 6.19. The molecule has 0 amide bonds. The van der Waals surface area contributed by atoms with E-state index in [1.807, 2.05) is 0 Å². The van der Waals surface area contributed by atoms with Gasteiger partial charge < -0.3 is 5.73 Å². The van der Waals surface area contributed by atoms with E-state index in [2.05, 4.69) is 9.82 Å². The third kappa shape index (κ3) is 3.56. The number of aromatic nitrogens is 2. The van der Waals surface area contributed by atoms with E-state index in [4.69, 9.17) is 5.73 Å². The molecule has 0 fully saturated rings. The van der Waals surface area contributed by atoms with Gasteiger partial charge >= 0.3 is 0 Å². The predicted molar refractivity (Wildman–Crippen MR) is 72.9 cm³/mol. The molecule has 0 radical (unpaired) electrons. The number of nitrogens with two attached hydrogens (primary N) is 1. The zero-order valence-electron chi connectivity index (χ0n) is 11.2. The van der Waals surface area contributed by atoms with Crippen LogP contribution in [-0.4, -0.2) is 24.7 Å². The minimum absolute atomic E-state index is 0.00270. The minimum atomic E-state index is -4.28. The molecule has 0 spiro atoms. The predicted octanol–water partition coefficient (Wildman–Crippen LogP) is 0.802. The van der Waals surface area contributed by atoms with Gasteiger partial charge in [0.1, 0.15) is 11.6 Å². The van der Waals surface area contributed by atoms with Crippen LogP contribution in [0.4, 0.5) is 14.5 Å². The number of rotatable bonds is 5. The van der Waals surface area contributed by atoms with E-state index in [0.717, 1.165) is 17.7 Å². The van der Waals surface area contributed by atoms with E-state index in [1.165, 1.54) is 0 Å². The van der Waals surface area contributed by atoms with Crippen LogP contribution in [-0.2, 0) is 23.5 Å². The summed E-state index contributed by atoms with van der Waals surface area (Å²) in [5.41, 5.74) is 5.87. The highest BCUT2D eigenvalue weighted by Gasteiger charge is 2.24. The number of halogens is 2. The Balaban J connectivity index is 2.12. The molecule has 0 aliphatic heterocycles. The lowest BCUT2D eigenvalue weighted by Crippen LogP contribution is -2.27. The van der Waals surface area contributed by atoms with Crippen molar-refractivity contribution in [3.63, 3.8) is 0 Å². The zero-order valence-corrected chi connectivity index (χ0v) is 12.0. The number of hydrogen-bond donors (Lipinski definition) is 2. The van der Waals surface area contributed by atoms with Crippen LogP contribution in [0.3, 0.4) is 0 Å². The first-order valence-electron chi connectivity index (χ1n) is 6.01. The fourth-order valence-electron chi connectivity index (χ4n) is 1.84. The number of anilines is 1. The summed E-state index contributed by atoms with van der Waals surface area (Å²) in [4.78, 5) is -1.03. The van der Waals surface area contributed by atoms with Crippen LogP contribution in [0.5, 0.6) is 0 Å². The lowest BCUT2D eigenvalue weighted by Gasteiger charge is -2.09. The Morgan fingerprint density at radius 1 is 1.33 bits per heavy atom. The fourth-order valence-corrected chi connectivity index (χ4v) is 2.99. The van der Waals surface area contributed by atoms with Crippen LogP contribution in [0.25, 0.3) is 0 Å². The van der Waals surface area contributed by atoms with Crippen molar-refractivity contribution in [1.29, 1.82) is 0 Å². The Labute approximate surface area is 120 Å². The Bertz CT molecular complexity index is 735. The first-order valence-corrected chi connectivity index (χ1v) is 7.49. The van der Waals surface area contributed by atoms with Crippen molar-refractivity contribution in [3.8, 4) is 0 Å². The molecule has 6 nitrogen and oxygen atoms in total. The van der Waals surface area contributed by atoms with E-state index in [9.17, 15) is 17.2 Å². The molecule has 1 aromatic carbocycles. The molecule has 3 N–H and O–H groups in total. The molecule has 0 saturated heterocycles. The molecule has 21 heavy (non-hydrogen) atoms. The molecule has 1 heterocycles. The average molecular weight is 316 g/mol. The van der Waals surface area contributed by atoms with Gasteiger partial charge in [-0.1, -0.05) is 0 Å². The van der Waals surface area contributed by atoms with E-state index in [0.29, 0.717) is 6.42 Å². The van der Waals surface area contributed by atoms with Crippen LogP contribution in [0.1, 0.15) is 5.56 Å². The maximum absolute atomic E-state index is 13.6. The largest absolute Gasteiger partial charge is 0.399 e. The van der Waals surface area contributed by atoms with Crippen molar-refractivity contribution >= 4 is 15.7 Å². The number of aryl methyl sites for hydroxylation is 1. The van der Waals surface area contributed by atoms with Crippen LogP contribution >= 0.6 is 0 Å². The lowest BCUT2D eigenvalue weighted by molar-refractivity contribution is 0.515. The second kappa shape index (κ2) is 5.78. The number of benzene rings is 1. The number of hydrogen-bond acceptors (Lipinski definition) is 4. The van der Waals surface area contributed by atoms with Crippen molar-refractivity contribution in [3.05, 3.63) is 41.7 Å². The number of nitrogens with zero attached hydrogens (tertiary/aromatic N) is 2. The van der Waals surface area contributed by atoms with Crippen LogP contribution in [0.2, 0.25) is 0 Å². The summed E-state index contributed by atoms with van der Waals surface area (Å²) < 4.78 is 54.8. The Hall–Kier alpha value is -2.00. The summed E-state index contributed by atoms with van der Waals surface area (Å²) in [6.45, 7) is -0.00270. The number of nitrogens with one attached hydrogen (secondary N) is 1. The highest BCUT2D eigenvalue weighted by atomic mass is 32.2. The molecular weight excluding hydrogens is 302 g/mol. The van der Waals surface area contributed by atoms with Gasteiger partial charge in [0.05, 0.1) is 6.20 Å². The van der Waals surface area contributed by atoms with Gasteiger partial charge in [-0.15, -0.1) is 0 Å². The third-order valence-electron chi connectivity index (χ3n) is 2.75. The van der Waals surface area contributed by atoms with Gasteiger partial charge in [-0.2, -0.15) is 5.10 Å². The maximum Gasteiger partial charge on any atom is 0.246 e. The number of sulfonamides is 1. The highest BCUT2D eigenvalue weighted by molar-refractivity contribution is 7.89. The van der Waals surface area contributed by atoms with Crippen molar-refractivity contribution in [2.45, 2.75) is 11.3 Å². The molecule has 0 aliphatic rings. The van der Waals surface area contributed by atoms with E-state index in [1.54, 1.807) is 24.1 Å². The zero-order chi connectivity index (χ0) is 15.6. The standard InChI is InChI=1S/C12H14F2N4O2S/c1-18-7-8(6-16-18)2-3-17-21(19,20)12-10(13)4-9(15)5-11(12)14/h4-7,17H,2-3,15H2,1H3. The summed E-state index contributed by atoms with van der Waals surface area (Å²) >= 11 is 0. The molecule has 1 aromatic heterocycles. The summed E-state index contributed by atoms with van der Waals surface area (Å²) in [5.74, 6) is -2.44. The summed E-state index contributed by atoms with van der Waals surface area (Å²) in [6, 6.07) is 1.53. The molecule has 0 bridgehead atoms. The fraction of sp³-hybridized carbons (Fsp3) is 0.250. The van der Waals surface area contributed by atoms with E-state index in [-0.39, 0.29) is 12.2 Å². The van der Waals surface area contributed by atoms with Gasteiger partial charge in [0.2, 0.25) is 10.0 Å². The molecule has 0 aliphatic carbocycles. The molecular formula is C12H14F2N4O2S. The number of nitrogen functional groups attached to an aromatic ring is 1. The first-order chi connectivity index (χ1) is 9.79. The third-order valence-corrected chi connectivity index (χ3v) is 4.27. The van der Waals surface area contributed by atoms with Gasteiger partial charge in [-0.25, -0.2) is 21.9 Å². The smallest absolute Gasteiger partial charge is 0.246 e. The molecule has 9 heteroatoms. The molecule has 0 unspecified atom stereocenters. The van der Waals surface area contributed by atoms with Crippen LogP contribution < -0.4 is 10.5 Å². The molecule has 2 aromatic rings. The van der Waals surface area contributed by atoms with Crippen molar-refractivity contribution in [2.24, 2.45) is 7.05 Å². The van der Waals surface area contributed by atoms with Gasteiger partial charge in [-0.05, 0) is 24.1 Å². The van der Waals surface area contributed by atoms with Gasteiger partial charge in [0, 0.05) is 25.5 Å². The first kappa shape index (κ1) is 15.4. The Morgan fingerprint density at radius 2 is 1.95 bits per heavy atom. The summed E-state index contributed by atoms with van der Waals surface area (Å²) in [5, 5.41) is 3.93. The van der Waals surface area contributed by atoms with E-state index >= 15 is 0 Å². The SMILES string of the molecule is Cn1cc(CCNS(=O)(=O)c2c(F)cc(N)cc2F)cn1. The highest BCUT2D eigenvalue weighted by Crippen LogP contribution is 2.21. The van der Waals surface area contributed by atoms with Crippen LogP contribution in [0.15, 0.2) is 29.4 Å². The molecule has 2 rings (SSSR count).